The van der Waals surface area contributed by atoms with Gasteiger partial charge < -0.3 is 15.1 Å². The molecule has 0 aliphatic carbocycles. The maximum atomic E-state index is 12.8. The fourth-order valence-corrected chi connectivity index (χ4v) is 1.98. The molecule has 112 valence electrons. The number of aromatic nitrogens is 1. The van der Waals surface area contributed by atoms with E-state index in [0.29, 0.717) is 12.1 Å². The number of nitrogens with zero attached hydrogens (tertiary/aromatic N) is 2. The van der Waals surface area contributed by atoms with E-state index in [1.165, 1.54) is 23.5 Å². The monoisotopic (exact) mass is 315 g/mol. The number of furan rings is 1. The van der Waals surface area contributed by atoms with Crippen molar-refractivity contribution in [3.05, 3.63) is 47.5 Å². The Morgan fingerprint density at radius 1 is 1.38 bits per heavy atom. The van der Waals surface area contributed by atoms with Crippen LogP contribution in [0.25, 0.3) is 0 Å². The van der Waals surface area contributed by atoms with Crippen molar-refractivity contribution in [2.75, 3.05) is 11.9 Å². The van der Waals surface area contributed by atoms with Gasteiger partial charge in [0.05, 0.1) is 18.1 Å². The lowest BCUT2D eigenvalue weighted by Gasteiger charge is -2.21. The second kappa shape index (κ2) is 5.72. The first-order valence-electron chi connectivity index (χ1n) is 5.89. The molecule has 0 aromatic carbocycles. The van der Waals surface area contributed by atoms with Gasteiger partial charge in [0.1, 0.15) is 16.5 Å². The van der Waals surface area contributed by atoms with E-state index >= 15 is 0 Å². The largest absolute Gasteiger partial charge is 0.472 e. The molecule has 0 aliphatic rings. The van der Waals surface area contributed by atoms with Crippen LogP contribution in [0.3, 0.4) is 0 Å². The Hall–Kier alpha value is -2.09. The van der Waals surface area contributed by atoms with Crippen molar-refractivity contribution < 1.29 is 17.6 Å². The van der Waals surface area contributed by atoms with Gasteiger partial charge in [-0.1, -0.05) is 12.2 Å². The molecule has 2 heterocycles. The Morgan fingerprint density at radius 2 is 2.10 bits per heavy atom. The summed E-state index contributed by atoms with van der Waals surface area (Å²) in [4.78, 5) is 5.18. The van der Waals surface area contributed by atoms with Crippen LogP contribution < -0.4 is 10.6 Å². The van der Waals surface area contributed by atoms with Gasteiger partial charge in [0.2, 0.25) is 0 Å². The van der Waals surface area contributed by atoms with Gasteiger partial charge in [0, 0.05) is 19.2 Å². The number of thiocarbonyl (C=S) groups is 1. The molecule has 0 fully saturated rings. The summed E-state index contributed by atoms with van der Waals surface area (Å²) >= 11 is 4.86. The molecule has 0 amide bonds. The van der Waals surface area contributed by atoms with Crippen LogP contribution in [0, 0.1) is 0 Å². The third-order valence-corrected chi connectivity index (χ3v) is 3.01. The smallest absolute Gasteiger partial charge is 0.433 e. The molecule has 0 unspecified atom stereocenters. The summed E-state index contributed by atoms with van der Waals surface area (Å²) in [6.45, 7) is 0.320. The zero-order valence-corrected chi connectivity index (χ0v) is 11.8. The standard InChI is InChI=1S/C13H12F3N3OS/c1-19(6-8-4-5-20-7-8)12-9(11(17)21)2-3-10(18-12)13(14,15)16/h2-5,7H,6H2,1H3,(H2,17,21). The molecule has 0 saturated carbocycles. The van der Waals surface area contributed by atoms with Gasteiger partial charge in [0.25, 0.3) is 0 Å². The van der Waals surface area contributed by atoms with Crippen LogP contribution in [0.1, 0.15) is 16.8 Å². The fraction of sp³-hybridized carbons (Fsp3) is 0.231. The van der Waals surface area contributed by atoms with Gasteiger partial charge in [-0.3, -0.25) is 0 Å². The van der Waals surface area contributed by atoms with Crippen molar-refractivity contribution in [2.24, 2.45) is 5.73 Å². The summed E-state index contributed by atoms with van der Waals surface area (Å²) in [6, 6.07) is 3.81. The quantitative estimate of drug-likeness (QED) is 0.879. The minimum Gasteiger partial charge on any atom is -0.472 e. The molecule has 2 N–H and O–H groups in total. The molecule has 0 spiro atoms. The van der Waals surface area contributed by atoms with E-state index in [2.05, 4.69) is 4.98 Å². The van der Waals surface area contributed by atoms with Gasteiger partial charge in [-0.15, -0.1) is 0 Å². The van der Waals surface area contributed by atoms with Crippen LogP contribution in [0.5, 0.6) is 0 Å². The highest BCUT2D eigenvalue weighted by atomic mass is 32.1. The Bertz CT molecular complexity index is 641. The maximum absolute atomic E-state index is 12.8. The first-order valence-corrected chi connectivity index (χ1v) is 6.30. The van der Waals surface area contributed by atoms with Crippen LogP contribution in [-0.2, 0) is 12.7 Å². The number of halogens is 3. The highest BCUT2D eigenvalue weighted by Crippen LogP contribution is 2.30. The van der Waals surface area contributed by atoms with E-state index in [1.54, 1.807) is 13.1 Å². The van der Waals surface area contributed by atoms with Crippen LogP contribution in [0.15, 0.2) is 35.1 Å². The van der Waals surface area contributed by atoms with Crippen LogP contribution in [0.4, 0.5) is 19.0 Å². The van der Waals surface area contributed by atoms with E-state index < -0.39 is 11.9 Å². The fourth-order valence-electron chi connectivity index (χ4n) is 1.82. The zero-order chi connectivity index (χ0) is 15.6. The van der Waals surface area contributed by atoms with Gasteiger partial charge in [0.15, 0.2) is 0 Å². The minimum absolute atomic E-state index is 0.00901. The van der Waals surface area contributed by atoms with Crippen molar-refractivity contribution >= 4 is 23.0 Å². The summed E-state index contributed by atoms with van der Waals surface area (Å²) in [5, 5.41) is 0. The molecule has 2 rings (SSSR count). The first kappa shape index (κ1) is 15.3. The second-order valence-corrected chi connectivity index (χ2v) is 4.86. The Labute approximate surface area is 124 Å². The number of nitrogens with two attached hydrogens (primary N) is 1. The maximum Gasteiger partial charge on any atom is 0.433 e. The number of hydrogen-bond donors (Lipinski definition) is 1. The molecule has 0 saturated heterocycles. The lowest BCUT2D eigenvalue weighted by molar-refractivity contribution is -0.141. The molecular formula is C13H12F3N3OS. The molecule has 0 radical (unpaired) electrons. The first-order chi connectivity index (χ1) is 9.79. The lowest BCUT2D eigenvalue weighted by Crippen LogP contribution is -2.24. The number of anilines is 1. The molecule has 21 heavy (non-hydrogen) atoms. The second-order valence-electron chi connectivity index (χ2n) is 4.42. The molecule has 4 nitrogen and oxygen atoms in total. The Kier molecular flexibility index (Phi) is 4.17. The molecule has 8 heteroatoms. The zero-order valence-electron chi connectivity index (χ0n) is 11.0. The Balaban J connectivity index is 2.40. The van der Waals surface area contributed by atoms with Crippen molar-refractivity contribution in [3.8, 4) is 0 Å². The third-order valence-electron chi connectivity index (χ3n) is 2.79. The van der Waals surface area contributed by atoms with E-state index in [9.17, 15) is 13.2 Å². The molecule has 0 bridgehead atoms. The van der Waals surface area contributed by atoms with Gasteiger partial charge >= 0.3 is 6.18 Å². The number of rotatable bonds is 4. The van der Waals surface area contributed by atoms with Crippen molar-refractivity contribution in [2.45, 2.75) is 12.7 Å². The molecule has 2 aromatic heterocycles. The topological polar surface area (TPSA) is 55.3 Å². The highest BCUT2D eigenvalue weighted by molar-refractivity contribution is 7.80. The van der Waals surface area contributed by atoms with E-state index in [1.807, 2.05) is 0 Å². The number of pyridine rings is 1. The van der Waals surface area contributed by atoms with Crippen LogP contribution >= 0.6 is 12.2 Å². The van der Waals surface area contributed by atoms with Gasteiger partial charge in [-0.2, -0.15) is 13.2 Å². The third kappa shape index (κ3) is 3.52. The SMILES string of the molecule is CN(Cc1ccoc1)c1nc(C(F)(F)F)ccc1C(N)=S. The predicted octanol–water partition coefficient (Wildman–Crippen LogP) is 2.96. The van der Waals surface area contributed by atoms with E-state index in [-0.39, 0.29) is 10.8 Å². The highest BCUT2D eigenvalue weighted by Gasteiger charge is 2.33. The Morgan fingerprint density at radius 3 is 2.62 bits per heavy atom. The summed E-state index contributed by atoms with van der Waals surface area (Å²) in [5.74, 6) is 0.0820. The summed E-state index contributed by atoms with van der Waals surface area (Å²) in [7, 11) is 1.61. The van der Waals surface area contributed by atoms with Gasteiger partial charge in [-0.25, -0.2) is 4.98 Å². The summed E-state index contributed by atoms with van der Waals surface area (Å²) < 4.78 is 43.3. The molecule has 0 aliphatic heterocycles. The van der Waals surface area contributed by atoms with Crippen LogP contribution in [-0.4, -0.2) is 17.0 Å². The summed E-state index contributed by atoms with van der Waals surface area (Å²) in [6.07, 6.45) is -1.54. The molecule has 0 atom stereocenters. The predicted molar refractivity (Wildman–Crippen MR) is 75.9 cm³/mol. The lowest BCUT2D eigenvalue weighted by atomic mass is 10.2. The summed E-state index contributed by atoms with van der Waals surface area (Å²) in [5.41, 5.74) is 5.65. The van der Waals surface area contributed by atoms with Crippen LogP contribution in [0.2, 0.25) is 0 Å². The minimum atomic E-state index is -4.53. The van der Waals surface area contributed by atoms with Crippen molar-refractivity contribution in [1.82, 2.24) is 4.98 Å². The van der Waals surface area contributed by atoms with E-state index in [0.717, 1.165) is 11.6 Å². The average Bonchev–Trinajstić information content (AvgIpc) is 2.89. The van der Waals surface area contributed by atoms with Gasteiger partial charge in [-0.05, 0) is 18.2 Å². The van der Waals surface area contributed by atoms with Crippen molar-refractivity contribution in [1.29, 1.82) is 0 Å². The normalized spacial score (nSPS) is 11.4. The average molecular weight is 315 g/mol. The van der Waals surface area contributed by atoms with Crippen molar-refractivity contribution in [3.63, 3.8) is 0 Å². The number of alkyl halides is 3. The number of hydrogen-bond acceptors (Lipinski definition) is 4. The molecular weight excluding hydrogens is 303 g/mol. The molecule has 2 aromatic rings. The van der Waals surface area contributed by atoms with E-state index in [4.69, 9.17) is 22.4 Å².